The minimum atomic E-state index is -1.02. The van der Waals surface area contributed by atoms with Crippen LogP contribution in [0.15, 0.2) is 12.1 Å². The minimum absolute atomic E-state index is 0.234. The van der Waals surface area contributed by atoms with Gasteiger partial charge in [-0.25, -0.2) is 8.78 Å². The molecular formula is C14H19F2N3O2. The van der Waals surface area contributed by atoms with Crippen molar-refractivity contribution in [2.75, 3.05) is 12.3 Å². The highest BCUT2D eigenvalue weighted by atomic mass is 19.1. The number of hydrogen-bond donors (Lipinski definition) is 3. The Balaban J connectivity index is 2.70. The number of halogens is 2. The monoisotopic (exact) mass is 299 g/mol. The van der Waals surface area contributed by atoms with E-state index in [-0.39, 0.29) is 17.4 Å². The number of carbonyl (C=O) groups excluding carboxylic acids is 2. The highest BCUT2D eigenvalue weighted by Crippen LogP contribution is 2.17. The molecule has 1 unspecified atom stereocenters. The molecule has 116 valence electrons. The van der Waals surface area contributed by atoms with Gasteiger partial charge in [-0.05, 0) is 25.0 Å². The summed E-state index contributed by atoms with van der Waals surface area (Å²) in [6, 6.07) is 0.832. The second kappa shape index (κ2) is 7.01. The van der Waals surface area contributed by atoms with Crippen LogP contribution in [0.4, 0.5) is 14.5 Å². The number of nitrogen functional groups attached to an aromatic ring is 1. The molecule has 0 aromatic heterocycles. The molecule has 0 saturated heterocycles. The van der Waals surface area contributed by atoms with Crippen molar-refractivity contribution >= 4 is 17.5 Å². The largest absolute Gasteiger partial charge is 0.394 e. The highest BCUT2D eigenvalue weighted by Gasteiger charge is 2.18. The molecule has 0 radical (unpaired) electrons. The van der Waals surface area contributed by atoms with Crippen LogP contribution in [-0.4, -0.2) is 24.4 Å². The van der Waals surface area contributed by atoms with Crippen LogP contribution in [-0.2, 0) is 4.79 Å². The van der Waals surface area contributed by atoms with Gasteiger partial charge >= 0.3 is 0 Å². The number of anilines is 1. The Bertz CT molecular complexity index is 524. The van der Waals surface area contributed by atoms with Gasteiger partial charge in [-0.1, -0.05) is 13.8 Å². The fourth-order valence-corrected chi connectivity index (χ4v) is 1.52. The van der Waals surface area contributed by atoms with Crippen LogP contribution in [0.25, 0.3) is 0 Å². The molecule has 7 heteroatoms. The second-order valence-corrected chi connectivity index (χ2v) is 5.19. The first kappa shape index (κ1) is 16.9. The van der Waals surface area contributed by atoms with E-state index in [0.717, 1.165) is 12.1 Å². The third-order valence-corrected chi connectivity index (χ3v) is 2.77. The number of hydrogen-bond acceptors (Lipinski definition) is 3. The van der Waals surface area contributed by atoms with E-state index >= 15 is 0 Å². The Morgan fingerprint density at radius 3 is 2.19 bits per heavy atom. The van der Waals surface area contributed by atoms with Crippen LogP contribution < -0.4 is 16.4 Å². The van der Waals surface area contributed by atoms with Gasteiger partial charge in [-0.2, -0.15) is 0 Å². The van der Waals surface area contributed by atoms with Crippen molar-refractivity contribution in [3.63, 3.8) is 0 Å². The van der Waals surface area contributed by atoms with Crippen LogP contribution >= 0.6 is 0 Å². The molecule has 1 atom stereocenters. The quantitative estimate of drug-likeness (QED) is 0.719. The molecule has 0 spiro atoms. The molecule has 0 fully saturated rings. The van der Waals surface area contributed by atoms with Crippen molar-refractivity contribution < 1.29 is 18.4 Å². The van der Waals surface area contributed by atoms with Gasteiger partial charge in [-0.15, -0.1) is 0 Å². The number of benzene rings is 1. The predicted molar refractivity (Wildman–Crippen MR) is 75.5 cm³/mol. The van der Waals surface area contributed by atoms with Crippen LogP contribution in [0, 0.1) is 17.6 Å². The Hall–Kier alpha value is -2.18. The maximum Gasteiger partial charge on any atom is 0.252 e. The van der Waals surface area contributed by atoms with Gasteiger partial charge in [0.1, 0.15) is 23.4 Å². The zero-order chi connectivity index (χ0) is 16.2. The molecule has 21 heavy (non-hydrogen) atoms. The summed E-state index contributed by atoms with van der Waals surface area (Å²) in [6.07, 6.45) is 0. The smallest absolute Gasteiger partial charge is 0.252 e. The second-order valence-electron chi connectivity index (χ2n) is 5.19. The highest BCUT2D eigenvalue weighted by molar-refractivity contribution is 5.97. The van der Waals surface area contributed by atoms with Crippen LogP contribution in [0.5, 0.6) is 0 Å². The zero-order valence-electron chi connectivity index (χ0n) is 12.2. The molecule has 1 aromatic rings. The third kappa shape index (κ3) is 4.70. The molecule has 1 aromatic carbocycles. The fourth-order valence-electron chi connectivity index (χ4n) is 1.52. The average molecular weight is 299 g/mol. The lowest BCUT2D eigenvalue weighted by Gasteiger charge is -2.15. The summed E-state index contributed by atoms with van der Waals surface area (Å²) in [4.78, 5) is 23.6. The van der Waals surface area contributed by atoms with E-state index in [1.807, 2.05) is 13.8 Å². The molecule has 0 aliphatic carbocycles. The molecule has 1 rings (SSSR count). The van der Waals surface area contributed by atoms with E-state index in [1.165, 1.54) is 6.92 Å². The normalized spacial score (nSPS) is 12.1. The van der Waals surface area contributed by atoms with Gasteiger partial charge in [-0.3, -0.25) is 9.59 Å². The average Bonchev–Trinajstić information content (AvgIpc) is 2.41. The predicted octanol–water partition coefficient (Wildman–Crippen LogP) is 1.44. The maximum absolute atomic E-state index is 13.3. The topological polar surface area (TPSA) is 84.2 Å². The summed E-state index contributed by atoms with van der Waals surface area (Å²) in [5, 5.41) is 5.02. The van der Waals surface area contributed by atoms with E-state index in [4.69, 9.17) is 5.73 Å². The summed E-state index contributed by atoms with van der Waals surface area (Å²) >= 11 is 0. The Morgan fingerprint density at radius 1 is 1.19 bits per heavy atom. The molecule has 0 bridgehead atoms. The van der Waals surface area contributed by atoms with E-state index in [9.17, 15) is 18.4 Å². The molecule has 0 heterocycles. The van der Waals surface area contributed by atoms with E-state index in [1.54, 1.807) is 0 Å². The first-order valence-corrected chi connectivity index (χ1v) is 6.55. The van der Waals surface area contributed by atoms with Crippen LogP contribution in [0.2, 0.25) is 0 Å². The maximum atomic E-state index is 13.3. The number of carbonyl (C=O) groups is 2. The van der Waals surface area contributed by atoms with E-state index in [2.05, 4.69) is 10.6 Å². The minimum Gasteiger partial charge on any atom is -0.394 e. The Kier molecular flexibility index (Phi) is 5.63. The van der Waals surface area contributed by atoms with Gasteiger partial charge in [0.05, 0.1) is 0 Å². The van der Waals surface area contributed by atoms with Gasteiger partial charge in [0.15, 0.2) is 0 Å². The molecule has 0 aliphatic rings. The van der Waals surface area contributed by atoms with Gasteiger partial charge in [0, 0.05) is 12.1 Å². The number of nitrogens with two attached hydrogens (primary N) is 1. The number of nitrogens with one attached hydrogen (secondary N) is 2. The standard InChI is InChI=1S/C14H19F2N3O2/c1-7(2)6-18-13(20)8(3)19-14(21)9-4-10(15)12(17)11(16)5-9/h4-5,7-8H,6,17H2,1-3H3,(H,18,20)(H,19,21). The van der Waals surface area contributed by atoms with E-state index in [0.29, 0.717) is 6.54 Å². The van der Waals surface area contributed by atoms with Crippen molar-refractivity contribution in [1.29, 1.82) is 0 Å². The fraction of sp³-hybridized carbons (Fsp3) is 0.429. The van der Waals surface area contributed by atoms with Crippen molar-refractivity contribution in [3.8, 4) is 0 Å². The molecule has 2 amide bonds. The van der Waals surface area contributed by atoms with Gasteiger partial charge in [0.25, 0.3) is 5.91 Å². The molecule has 0 aliphatic heterocycles. The number of amides is 2. The Morgan fingerprint density at radius 2 is 1.71 bits per heavy atom. The number of rotatable bonds is 5. The van der Waals surface area contributed by atoms with Gasteiger partial charge in [0.2, 0.25) is 5.91 Å². The van der Waals surface area contributed by atoms with Crippen LogP contribution in [0.1, 0.15) is 31.1 Å². The molecule has 5 nitrogen and oxygen atoms in total. The Labute approximate surface area is 121 Å². The van der Waals surface area contributed by atoms with Crippen molar-refractivity contribution in [3.05, 3.63) is 29.3 Å². The van der Waals surface area contributed by atoms with Crippen molar-refractivity contribution in [2.45, 2.75) is 26.8 Å². The lowest BCUT2D eigenvalue weighted by molar-refractivity contribution is -0.122. The summed E-state index contributed by atoms with van der Waals surface area (Å²) in [6.45, 7) is 5.83. The summed E-state index contributed by atoms with van der Waals surface area (Å²) in [7, 11) is 0. The zero-order valence-corrected chi connectivity index (χ0v) is 12.2. The first-order valence-electron chi connectivity index (χ1n) is 6.55. The summed E-state index contributed by atoms with van der Waals surface area (Å²) in [5.74, 6) is -2.88. The van der Waals surface area contributed by atoms with Gasteiger partial charge < -0.3 is 16.4 Å². The molecular weight excluding hydrogens is 280 g/mol. The summed E-state index contributed by atoms with van der Waals surface area (Å²) < 4.78 is 26.6. The third-order valence-electron chi connectivity index (χ3n) is 2.77. The van der Waals surface area contributed by atoms with Crippen LogP contribution in [0.3, 0.4) is 0 Å². The lowest BCUT2D eigenvalue weighted by atomic mass is 10.1. The first-order chi connectivity index (χ1) is 9.72. The van der Waals surface area contributed by atoms with Crippen molar-refractivity contribution in [2.24, 2.45) is 5.92 Å². The molecule has 4 N–H and O–H groups in total. The van der Waals surface area contributed by atoms with E-state index < -0.39 is 29.3 Å². The SMILES string of the molecule is CC(C)CNC(=O)C(C)NC(=O)c1cc(F)c(N)c(F)c1. The molecule has 0 saturated carbocycles. The van der Waals surface area contributed by atoms with Crippen molar-refractivity contribution in [1.82, 2.24) is 10.6 Å². The lowest BCUT2D eigenvalue weighted by Crippen LogP contribution is -2.45. The summed E-state index contributed by atoms with van der Waals surface area (Å²) in [5.41, 5.74) is 4.24.